The number of hydrogen-bond donors (Lipinski definition) is 2. The predicted octanol–water partition coefficient (Wildman–Crippen LogP) is 3.79. The summed E-state index contributed by atoms with van der Waals surface area (Å²) in [6.07, 6.45) is 0.919. The smallest absolute Gasteiger partial charge is 0.191 e. The summed E-state index contributed by atoms with van der Waals surface area (Å²) in [7, 11) is 5.99. The van der Waals surface area contributed by atoms with Gasteiger partial charge in [0.25, 0.3) is 0 Å². The summed E-state index contributed by atoms with van der Waals surface area (Å²) in [6, 6.07) is 9.39. The van der Waals surface area contributed by atoms with Gasteiger partial charge < -0.3 is 10.6 Å². The van der Waals surface area contributed by atoms with Crippen LogP contribution in [-0.4, -0.2) is 46.8 Å². The van der Waals surface area contributed by atoms with Gasteiger partial charge in [0.05, 0.1) is 5.69 Å². The number of aryl methyl sites for hydroxylation is 2. The molecule has 1 heterocycles. The fraction of sp³-hybridized carbons (Fsp3) is 0.565. The fourth-order valence-corrected chi connectivity index (χ4v) is 3.41. The first-order valence-electron chi connectivity index (χ1n) is 10.5. The van der Waals surface area contributed by atoms with Crippen LogP contribution in [0.3, 0.4) is 0 Å². The molecule has 30 heavy (non-hydrogen) atoms. The van der Waals surface area contributed by atoms with Crippen LogP contribution >= 0.6 is 24.0 Å². The highest BCUT2D eigenvalue weighted by atomic mass is 127. The molecule has 2 rings (SSSR count). The average molecular weight is 527 g/mol. The lowest BCUT2D eigenvalue weighted by Gasteiger charge is -2.23. The van der Waals surface area contributed by atoms with Gasteiger partial charge in [-0.15, -0.1) is 24.0 Å². The highest BCUT2D eigenvalue weighted by Crippen LogP contribution is 2.15. The topological polar surface area (TPSA) is 57.5 Å². The van der Waals surface area contributed by atoms with Gasteiger partial charge in [-0.1, -0.05) is 24.3 Å². The van der Waals surface area contributed by atoms with Crippen molar-refractivity contribution < 1.29 is 0 Å². The Labute approximate surface area is 199 Å². The van der Waals surface area contributed by atoms with E-state index in [9.17, 15) is 0 Å². The summed E-state index contributed by atoms with van der Waals surface area (Å²) >= 11 is 0. The van der Waals surface area contributed by atoms with Crippen molar-refractivity contribution in [3.63, 3.8) is 0 Å². The molecule has 1 aromatic carbocycles. The maximum absolute atomic E-state index is 4.52. The number of nitrogens with one attached hydrogen (secondary N) is 2. The Kier molecular flexibility index (Phi) is 10.8. The van der Waals surface area contributed by atoms with E-state index in [1.54, 1.807) is 0 Å². The van der Waals surface area contributed by atoms with Crippen LogP contribution in [0.5, 0.6) is 0 Å². The van der Waals surface area contributed by atoms with Crippen molar-refractivity contribution in [1.29, 1.82) is 0 Å². The molecular weight excluding hydrogens is 487 g/mol. The molecule has 2 aromatic rings. The maximum Gasteiger partial charge on any atom is 0.191 e. The normalized spacial score (nSPS) is 12.8. The minimum Gasteiger partial charge on any atom is -0.354 e. The number of benzene rings is 1. The molecule has 0 aliphatic rings. The summed E-state index contributed by atoms with van der Waals surface area (Å²) in [5.74, 6) is 0.823. The van der Waals surface area contributed by atoms with Gasteiger partial charge in [-0.25, -0.2) is 0 Å². The van der Waals surface area contributed by atoms with Gasteiger partial charge in [-0.2, -0.15) is 5.10 Å². The lowest BCUT2D eigenvalue weighted by molar-refractivity contribution is 0.265. The Bertz CT molecular complexity index is 827. The predicted molar refractivity (Wildman–Crippen MR) is 138 cm³/mol. The van der Waals surface area contributed by atoms with E-state index in [0.29, 0.717) is 6.04 Å². The fourth-order valence-electron chi connectivity index (χ4n) is 3.41. The third-order valence-electron chi connectivity index (χ3n) is 5.64. The molecule has 0 aliphatic heterocycles. The minimum atomic E-state index is 0. The number of halogens is 1. The molecule has 7 heteroatoms. The lowest BCUT2D eigenvalue weighted by atomic mass is 10.1. The van der Waals surface area contributed by atoms with Crippen molar-refractivity contribution in [2.75, 3.05) is 14.1 Å². The van der Waals surface area contributed by atoms with Gasteiger partial charge in [0.1, 0.15) is 0 Å². The molecular formula is C23H39IN6. The number of hydrogen-bond acceptors (Lipinski definition) is 3. The quantitative estimate of drug-likeness (QED) is 0.312. The van der Waals surface area contributed by atoms with E-state index in [0.717, 1.165) is 31.2 Å². The average Bonchev–Trinajstić information content (AvgIpc) is 2.92. The summed E-state index contributed by atoms with van der Waals surface area (Å²) < 4.78 is 1.95. The second-order valence-corrected chi connectivity index (χ2v) is 8.23. The monoisotopic (exact) mass is 526 g/mol. The third-order valence-corrected chi connectivity index (χ3v) is 5.64. The molecule has 0 fully saturated rings. The Hall–Kier alpha value is -1.61. The van der Waals surface area contributed by atoms with Crippen molar-refractivity contribution in [2.24, 2.45) is 12.0 Å². The SMILES string of the molecule is CN=C(NCc1ccccc1CN(C)C(C)C)NC(C)Cc1c(C)nn(C)c1C.I. The van der Waals surface area contributed by atoms with Crippen LogP contribution in [0.4, 0.5) is 0 Å². The first kappa shape index (κ1) is 26.4. The van der Waals surface area contributed by atoms with Gasteiger partial charge in [-0.05, 0) is 64.8 Å². The van der Waals surface area contributed by atoms with Crippen LogP contribution in [0, 0.1) is 13.8 Å². The van der Waals surface area contributed by atoms with Crippen LogP contribution in [0.15, 0.2) is 29.3 Å². The molecule has 168 valence electrons. The maximum atomic E-state index is 4.52. The second-order valence-electron chi connectivity index (χ2n) is 8.23. The second kappa shape index (κ2) is 12.3. The summed E-state index contributed by atoms with van der Waals surface area (Å²) in [6.45, 7) is 12.5. The first-order valence-corrected chi connectivity index (χ1v) is 10.5. The largest absolute Gasteiger partial charge is 0.354 e. The molecule has 0 radical (unpaired) electrons. The van der Waals surface area contributed by atoms with E-state index in [1.165, 1.54) is 22.4 Å². The number of rotatable bonds is 8. The molecule has 0 spiro atoms. The number of aromatic nitrogens is 2. The summed E-state index contributed by atoms with van der Waals surface area (Å²) in [5.41, 5.74) is 6.29. The molecule has 0 saturated heterocycles. The van der Waals surface area contributed by atoms with Crippen molar-refractivity contribution in [1.82, 2.24) is 25.3 Å². The van der Waals surface area contributed by atoms with Gasteiger partial charge >= 0.3 is 0 Å². The molecule has 1 aromatic heterocycles. The zero-order valence-electron chi connectivity index (χ0n) is 19.8. The molecule has 6 nitrogen and oxygen atoms in total. The van der Waals surface area contributed by atoms with Gasteiger partial charge in [0.15, 0.2) is 5.96 Å². The zero-order valence-corrected chi connectivity index (χ0v) is 22.1. The van der Waals surface area contributed by atoms with E-state index >= 15 is 0 Å². The Balaban J connectivity index is 0.00000450. The molecule has 0 bridgehead atoms. The van der Waals surface area contributed by atoms with Crippen molar-refractivity contribution in [2.45, 2.75) is 66.2 Å². The third kappa shape index (κ3) is 7.27. The minimum absolute atomic E-state index is 0. The molecule has 1 unspecified atom stereocenters. The number of nitrogens with zero attached hydrogens (tertiary/aromatic N) is 4. The molecule has 1 atom stereocenters. The first-order chi connectivity index (χ1) is 13.7. The van der Waals surface area contributed by atoms with E-state index < -0.39 is 0 Å². The van der Waals surface area contributed by atoms with E-state index in [4.69, 9.17) is 0 Å². The van der Waals surface area contributed by atoms with Crippen molar-refractivity contribution in [3.8, 4) is 0 Å². The van der Waals surface area contributed by atoms with Crippen molar-refractivity contribution >= 4 is 29.9 Å². The summed E-state index contributed by atoms with van der Waals surface area (Å²) in [5, 5.41) is 11.5. The van der Waals surface area contributed by atoms with Crippen LogP contribution in [0.1, 0.15) is 48.8 Å². The summed E-state index contributed by atoms with van der Waals surface area (Å²) in [4.78, 5) is 6.77. The lowest BCUT2D eigenvalue weighted by Crippen LogP contribution is -2.43. The van der Waals surface area contributed by atoms with Gasteiger partial charge in [0, 0.05) is 45.0 Å². The molecule has 0 aliphatic carbocycles. The molecule has 0 saturated carbocycles. The van der Waals surface area contributed by atoms with Crippen molar-refractivity contribution in [3.05, 3.63) is 52.3 Å². The van der Waals surface area contributed by atoms with E-state index in [-0.39, 0.29) is 30.0 Å². The van der Waals surface area contributed by atoms with Crippen LogP contribution in [-0.2, 0) is 26.6 Å². The standard InChI is InChI=1S/C23H38N6.HI/c1-16(2)28(7)15-21-12-10-9-11-20(21)14-25-23(24-6)26-17(3)13-22-18(4)27-29(8)19(22)5;/h9-12,16-17H,13-15H2,1-8H3,(H2,24,25,26);1H. The van der Waals surface area contributed by atoms with E-state index in [1.807, 2.05) is 18.8 Å². The highest BCUT2D eigenvalue weighted by Gasteiger charge is 2.14. The van der Waals surface area contributed by atoms with Crippen LogP contribution < -0.4 is 10.6 Å². The Morgan fingerprint density at radius 1 is 1.17 bits per heavy atom. The highest BCUT2D eigenvalue weighted by molar-refractivity contribution is 14.0. The van der Waals surface area contributed by atoms with Crippen LogP contribution in [0.2, 0.25) is 0 Å². The Morgan fingerprint density at radius 3 is 2.33 bits per heavy atom. The van der Waals surface area contributed by atoms with E-state index in [2.05, 4.69) is 91.6 Å². The number of guanidine groups is 1. The van der Waals surface area contributed by atoms with Crippen LogP contribution in [0.25, 0.3) is 0 Å². The van der Waals surface area contributed by atoms with Gasteiger partial charge in [0.2, 0.25) is 0 Å². The molecule has 0 amide bonds. The molecule has 2 N–H and O–H groups in total. The Morgan fingerprint density at radius 2 is 1.80 bits per heavy atom. The van der Waals surface area contributed by atoms with Gasteiger partial charge in [-0.3, -0.25) is 14.6 Å². The number of aliphatic imine (C=N–C) groups is 1. The zero-order chi connectivity index (χ0) is 21.6.